The van der Waals surface area contributed by atoms with Crippen LogP contribution in [0.2, 0.25) is 10.0 Å². The van der Waals surface area contributed by atoms with Gasteiger partial charge in [-0.1, -0.05) is 97.1 Å². The summed E-state index contributed by atoms with van der Waals surface area (Å²) in [5.74, 6) is -0.769. The van der Waals surface area contributed by atoms with Crippen LogP contribution in [0.25, 0.3) is 0 Å². The van der Waals surface area contributed by atoms with E-state index in [0.29, 0.717) is 6.42 Å². The Balaban J connectivity index is 1.74. The van der Waals surface area contributed by atoms with Gasteiger partial charge >= 0.3 is 0 Å². The number of carbonyl (C=O) groups is 2. The van der Waals surface area contributed by atoms with Crippen LogP contribution in [-0.2, 0) is 26.2 Å². The number of nitrogens with zero attached hydrogens (tertiary/aromatic N) is 2. The molecule has 1 atom stereocenters. The quantitative estimate of drug-likeness (QED) is 0.272. The molecule has 0 radical (unpaired) electrons. The van der Waals surface area contributed by atoms with Crippen LogP contribution in [0.15, 0.2) is 77.7 Å². The Labute approximate surface area is 252 Å². The summed E-state index contributed by atoms with van der Waals surface area (Å²) >= 11 is 12.8. The molecular formula is C31H35Cl2N3O4S. The molecule has 41 heavy (non-hydrogen) atoms. The van der Waals surface area contributed by atoms with Gasteiger partial charge in [0.1, 0.15) is 12.6 Å². The van der Waals surface area contributed by atoms with Gasteiger partial charge in [-0.2, -0.15) is 0 Å². The van der Waals surface area contributed by atoms with Crippen molar-refractivity contribution in [2.24, 2.45) is 0 Å². The highest BCUT2D eigenvalue weighted by atomic mass is 35.5. The molecule has 4 rings (SSSR count). The van der Waals surface area contributed by atoms with E-state index >= 15 is 0 Å². The minimum atomic E-state index is -4.23. The Kier molecular flexibility index (Phi) is 10.3. The minimum Gasteiger partial charge on any atom is -0.352 e. The second-order valence-corrected chi connectivity index (χ2v) is 13.0. The summed E-state index contributed by atoms with van der Waals surface area (Å²) in [5, 5.41) is 3.28. The lowest BCUT2D eigenvalue weighted by Gasteiger charge is -2.34. The van der Waals surface area contributed by atoms with Crippen molar-refractivity contribution >= 4 is 50.7 Å². The Morgan fingerprint density at radius 1 is 0.976 bits per heavy atom. The number of nitrogens with one attached hydrogen (secondary N) is 1. The molecule has 1 N–H and O–H groups in total. The number of benzene rings is 3. The lowest BCUT2D eigenvalue weighted by Crippen LogP contribution is -2.53. The number of halogens is 2. The molecule has 218 valence electrons. The zero-order chi connectivity index (χ0) is 29.6. The number of hydrogen-bond acceptors (Lipinski definition) is 4. The Morgan fingerprint density at radius 2 is 1.66 bits per heavy atom. The summed E-state index contributed by atoms with van der Waals surface area (Å²) in [6.45, 7) is 3.37. The molecular weight excluding hydrogens is 581 g/mol. The van der Waals surface area contributed by atoms with Crippen LogP contribution >= 0.6 is 23.2 Å². The third kappa shape index (κ3) is 7.42. The first kappa shape index (κ1) is 30.9. The standard InChI is InChI=1S/C31H35Cl2N3O4S/c1-3-27(31(38)34-24-13-7-8-14-24)35(20-23-12-9-11-22(2)19-23)29(37)21-36(28-18-10-17-26(32)30(28)33)41(39,40)25-15-5-4-6-16-25/h4-6,9-12,15-19,24,27H,3,7-8,13-14,20-21H2,1-2H3,(H,34,38). The number of amides is 2. The molecule has 2 amide bonds. The van der Waals surface area contributed by atoms with Crippen molar-refractivity contribution in [3.63, 3.8) is 0 Å². The highest BCUT2D eigenvalue weighted by Gasteiger charge is 2.35. The van der Waals surface area contributed by atoms with Crippen molar-refractivity contribution in [3.05, 3.63) is 94.0 Å². The molecule has 0 aromatic heterocycles. The smallest absolute Gasteiger partial charge is 0.264 e. The second kappa shape index (κ2) is 13.7. The van der Waals surface area contributed by atoms with Gasteiger partial charge in [0, 0.05) is 12.6 Å². The van der Waals surface area contributed by atoms with Crippen molar-refractivity contribution in [2.75, 3.05) is 10.8 Å². The molecule has 1 saturated carbocycles. The normalized spacial score (nSPS) is 14.4. The van der Waals surface area contributed by atoms with E-state index in [1.54, 1.807) is 30.3 Å². The third-order valence-electron chi connectivity index (χ3n) is 7.33. The van der Waals surface area contributed by atoms with Gasteiger partial charge in [0.25, 0.3) is 10.0 Å². The summed E-state index contributed by atoms with van der Waals surface area (Å²) in [7, 11) is -4.23. The lowest BCUT2D eigenvalue weighted by molar-refractivity contribution is -0.140. The maximum absolute atomic E-state index is 14.2. The number of hydrogen-bond donors (Lipinski definition) is 1. The van der Waals surface area contributed by atoms with Gasteiger partial charge in [0.15, 0.2) is 0 Å². The zero-order valence-electron chi connectivity index (χ0n) is 23.2. The number of aryl methyl sites for hydroxylation is 1. The molecule has 10 heteroatoms. The van der Waals surface area contributed by atoms with E-state index in [1.165, 1.54) is 23.1 Å². The van der Waals surface area contributed by atoms with Crippen LogP contribution < -0.4 is 9.62 Å². The number of carbonyl (C=O) groups excluding carboxylic acids is 2. The number of rotatable bonds is 11. The molecule has 0 heterocycles. The highest BCUT2D eigenvalue weighted by molar-refractivity contribution is 7.92. The third-order valence-corrected chi connectivity index (χ3v) is 9.92. The van der Waals surface area contributed by atoms with Crippen molar-refractivity contribution in [1.82, 2.24) is 10.2 Å². The molecule has 7 nitrogen and oxygen atoms in total. The van der Waals surface area contributed by atoms with Crippen LogP contribution in [0.3, 0.4) is 0 Å². The van der Waals surface area contributed by atoms with Gasteiger partial charge in [0.05, 0.1) is 20.6 Å². The van der Waals surface area contributed by atoms with Gasteiger partial charge in [0.2, 0.25) is 11.8 Å². The molecule has 0 saturated heterocycles. The summed E-state index contributed by atoms with van der Waals surface area (Å²) in [5.41, 5.74) is 1.93. The van der Waals surface area contributed by atoms with Crippen molar-refractivity contribution in [3.8, 4) is 0 Å². The van der Waals surface area contributed by atoms with Gasteiger partial charge in [-0.3, -0.25) is 13.9 Å². The fraction of sp³-hybridized carbons (Fsp3) is 0.355. The lowest BCUT2D eigenvalue weighted by atomic mass is 10.1. The molecule has 1 aliphatic rings. The van der Waals surface area contributed by atoms with E-state index in [0.717, 1.165) is 41.1 Å². The van der Waals surface area contributed by atoms with Crippen LogP contribution in [-0.4, -0.2) is 43.8 Å². The molecule has 0 spiro atoms. The monoisotopic (exact) mass is 615 g/mol. The van der Waals surface area contributed by atoms with E-state index in [4.69, 9.17) is 23.2 Å². The van der Waals surface area contributed by atoms with Gasteiger partial charge in [-0.15, -0.1) is 0 Å². The molecule has 1 aliphatic carbocycles. The van der Waals surface area contributed by atoms with Crippen LogP contribution in [0.1, 0.15) is 50.2 Å². The minimum absolute atomic E-state index is 0.0000873. The maximum Gasteiger partial charge on any atom is 0.264 e. The number of anilines is 1. The van der Waals surface area contributed by atoms with Gasteiger partial charge in [-0.05, 0) is 56.0 Å². The van der Waals surface area contributed by atoms with Gasteiger partial charge in [-0.25, -0.2) is 8.42 Å². The number of sulfonamides is 1. The Bertz CT molecular complexity index is 1480. The predicted molar refractivity (Wildman–Crippen MR) is 164 cm³/mol. The molecule has 3 aromatic carbocycles. The SMILES string of the molecule is CCC(C(=O)NC1CCCC1)N(Cc1cccc(C)c1)C(=O)CN(c1cccc(Cl)c1Cl)S(=O)(=O)c1ccccc1. The highest BCUT2D eigenvalue weighted by Crippen LogP contribution is 2.35. The first-order valence-electron chi connectivity index (χ1n) is 13.8. The molecule has 1 unspecified atom stereocenters. The van der Waals surface area contributed by atoms with E-state index < -0.39 is 28.5 Å². The average molecular weight is 617 g/mol. The van der Waals surface area contributed by atoms with E-state index in [9.17, 15) is 18.0 Å². The predicted octanol–water partition coefficient (Wildman–Crippen LogP) is 6.36. The van der Waals surface area contributed by atoms with E-state index in [1.807, 2.05) is 38.1 Å². The van der Waals surface area contributed by atoms with Crippen LogP contribution in [0.4, 0.5) is 5.69 Å². The topological polar surface area (TPSA) is 86.8 Å². The Hall–Kier alpha value is -3.07. The van der Waals surface area contributed by atoms with Crippen molar-refractivity contribution in [2.45, 2.75) is 69.5 Å². The fourth-order valence-electron chi connectivity index (χ4n) is 5.21. The Morgan fingerprint density at radius 3 is 2.32 bits per heavy atom. The van der Waals surface area contributed by atoms with E-state index in [-0.39, 0.29) is 39.1 Å². The van der Waals surface area contributed by atoms with Crippen LogP contribution in [0, 0.1) is 6.92 Å². The first-order valence-corrected chi connectivity index (χ1v) is 16.0. The average Bonchev–Trinajstić information content (AvgIpc) is 3.46. The van der Waals surface area contributed by atoms with Crippen molar-refractivity contribution in [1.29, 1.82) is 0 Å². The summed E-state index contributed by atoms with van der Waals surface area (Å²) in [4.78, 5) is 29.2. The second-order valence-electron chi connectivity index (χ2n) is 10.3. The van der Waals surface area contributed by atoms with E-state index in [2.05, 4.69) is 5.32 Å². The first-order chi connectivity index (χ1) is 19.6. The molecule has 0 aliphatic heterocycles. The summed E-state index contributed by atoms with van der Waals surface area (Å²) < 4.78 is 28.8. The van der Waals surface area contributed by atoms with Gasteiger partial charge < -0.3 is 10.2 Å². The summed E-state index contributed by atoms with van der Waals surface area (Å²) in [6.07, 6.45) is 4.29. The van der Waals surface area contributed by atoms with Crippen LogP contribution in [0.5, 0.6) is 0 Å². The van der Waals surface area contributed by atoms with Crippen molar-refractivity contribution < 1.29 is 18.0 Å². The molecule has 0 bridgehead atoms. The molecule has 1 fully saturated rings. The fourth-order valence-corrected chi connectivity index (χ4v) is 7.11. The zero-order valence-corrected chi connectivity index (χ0v) is 25.6. The largest absolute Gasteiger partial charge is 0.352 e. The molecule has 3 aromatic rings. The maximum atomic E-state index is 14.2. The summed E-state index contributed by atoms with van der Waals surface area (Å²) in [6, 6.07) is 19.5.